The van der Waals surface area contributed by atoms with E-state index < -0.39 is 0 Å². The fourth-order valence-corrected chi connectivity index (χ4v) is 2.72. The van der Waals surface area contributed by atoms with Gasteiger partial charge in [-0.2, -0.15) is 0 Å². The summed E-state index contributed by atoms with van der Waals surface area (Å²) in [6.45, 7) is 3.20. The molecule has 0 aromatic heterocycles. The minimum atomic E-state index is -0.236. The largest absolute Gasteiger partial charge is 0.357 e. The number of nitrogens with one attached hydrogen (secondary N) is 4. The van der Waals surface area contributed by atoms with E-state index in [9.17, 15) is 9.59 Å². The van der Waals surface area contributed by atoms with Gasteiger partial charge in [0.15, 0.2) is 5.96 Å². The number of carbonyl (C=O) groups excluding carboxylic acids is 2. The number of hydrogen-bond donors (Lipinski definition) is 4. The second kappa shape index (κ2) is 11.9. The van der Waals surface area contributed by atoms with E-state index in [4.69, 9.17) is 6.42 Å². The normalized spacial score (nSPS) is 10.6. The van der Waals surface area contributed by atoms with Crippen LogP contribution in [0, 0.1) is 12.3 Å². The maximum absolute atomic E-state index is 12.2. The first-order valence-corrected chi connectivity index (χ1v) is 9.75. The Morgan fingerprint density at radius 1 is 1.10 bits per heavy atom. The van der Waals surface area contributed by atoms with Gasteiger partial charge in [0.05, 0.1) is 0 Å². The summed E-state index contributed by atoms with van der Waals surface area (Å²) in [6, 6.07) is 14.6. The van der Waals surface area contributed by atoms with Crippen molar-refractivity contribution in [2.75, 3.05) is 32.0 Å². The number of hydrogen-bond acceptors (Lipinski definition) is 3. The summed E-state index contributed by atoms with van der Waals surface area (Å²) in [4.78, 5) is 28.2. The minimum absolute atomic E-state index is 0.0260. The molecule has 4 N–H and O–H groups in total. The van der Waals surface area contributed by atoms with Crippen molar-refractivity contribution in [2.45, 2.75) is 13.3 Å². The highest BCUT2D eigenvalue weighted by Crippen LogP contribution is 2.09. The summed E-state index contributed by atoms with van der Waals surface area (Å²) in [7, 11) is 1.61. The van der Waals surface area contributed by atoms with Gasteiger partial charge in [0.25, 0.3) is 5.91 Å². The molecule has 0 saturated carbocycles. The van der Waals surface area contributed by atoms with Crippen LogP contribution in [-0.2, 0) is 11.2 Å². The van der Waals surface area contributed by atoms with Crippen LogP contribution in [-0.4, -0.2) is 44.5 Å². The third-order valence-corrected chi connectivity index (χ3v) is 4.16. The van der Waals surface area contributed by atoms with Crippen LogP contribution >= 0.6 is 0 Å². The van der Waals surface area contributed by atoms with E-state index in [1.807, 2.05) is 25.1 Å². The van der Waals surface area contributed by atoms with E-state index in [0.29, 0.717) is 42.3 Å². The molecule has 0 heterocycles. The molecule has 0 radical (unpaired) electrons. The van der Waals surface area contributed by atoms with Gasteiger partial charge in [-0.3, -0.25) is 9.59 Å². The number of guanidine groups is 1. The van der Waals surface area contributed by atoms with Crippen LogP contribution in [0.15, 0.2) is 53.5 Å². The smallest absolute Gasteiger partial charge is 0.251 e. The maximum atomic E-state index is 12.2. The zero-order valence-corrected chi connectivity index (χ0v) is 17.3. The summed E-state index contributed by atoms with van der Waals surface area (Å²) in [5, 5.41) is 11.7. The Labute approximate surface area is 177 Å². The Morgan fingerprint density at radius 2 is 1.90 bits per heavy atom. The lowest BCUT2D eigenvalue weighted by atomic mass is 10.1. The van der Waals surface area contributed by atoms with Crippen LogP contribution in [0.1, 0.15) is 28.4 Å². The lowest BCUT2D eigenvalue weighted by molar-refractivity contribution is -0.114. The second-order valence-corrected chi connectivity index (χ2v) is 6.42. The average Bonchev–Trinajstić information content (AvgIpc) is 2.77. The van der Waals surface area contributed by atoms with Crippen LogP contribution in [0.2, 0.25) is 0 Å². The molecular weight excluding hydrogens is 378 g/mol. The van der Waals surface area contributed by atoms with Crippen molar-refractivity contribution in [3.05, 3.63) is 65.2 Å². The molecule has 0 aliphatic heterocycles. The summed E-state index contributed by atoms with van der Waals surface area (Å²) < 4.78 is 0. The number of benzene rings is 2. The molecule has 2 aromatic rings. The van der Waals surface area contributed by atoms with Gasteiger partial charge < -0.3 is 21.3 Å². The fourth-order valence-electron chi connectivity index (χ4n) is 2.72. The number of terminal acetylenes is 1. The highest BCUT2D eigenvalue weighted by molar-refractivity contribution is 5.94. The third-order valence-electron chi connectivity index (χ3n) is 4.16. The van der Waals surface area contributed by atoms with Gasteiger partial charge in [-0.05, 0) is 49.2 Å². The molecule has 0 saturated heterocycles. The highest BCUT2D eigenvalue weighted by Gasteiger charge is 2.06. The SMILES string of the molecule is C#Cc1cccc(NC(=O)CN=C(NCC)NCCc2cccc(C(=O)NC)c2)c1. The molecule has 0 unspecified atom stereocenters. The number of aliphatic imine (C=N–C) groups is 1. The predicted octanol–water partition coefficient (Wildman–Crippen LogP) is 1.76. The monoisotopic (exact) mass is 405 g/mol. The zero-order valence-electron chi connectivity index (χ0n) is 17.3. The van der Waals surface area contributed by atoms with Gasteiger partial charge in [-0.25, -0.2) is 4.99 Å². The van der Waals surface area contributed by atoms with Gasteiger partial charge in [-0.15, -0.1) is 6.42 Å². The van der Waals surface area contributed by atoms with Crippen LogP contribution in [0.3, 0.4) is 0 Å². The van der Waals surface area contributed by atoms with Crippen molar-refractivity contribution < 1.29 is 9.59 Å². The lowest BCUT2D eigenvalue weighted by Gasteiger charge is -2.12. The fraction of sp³-hybridized carbons (Fsp3) is 0.261. The van der Waals surface area contributed by atoms with Gasteiger partial charge in [0.2, 0.25) is 5.91 Å². The molecule has 0 atom stereocenters. The van der Waals surface area contributed by atoms with Crippen LogP contribution in [0.25, 0.3) is 0 Å². The van der Waals surface area contributed by atoms with Crippen molar-refractivity contribution in [3.63, 3.8) is 0 Å². The Bertz CT molecular complexity index is 947. The number of rotatable bonds is 8. The lowest BCUT2D eigenvalue weighted by Crippen LogP contribution is -2.39. The molecule has 7 nitrogen and oxygen atoms in total. The Kier molecular flexibility index (Phi) is 8.94. The molecular formula is C23H27N5O2. The quantitative estimate of drug-likeness (QED) is 0.306. The molecule has 2 rings (SSSR count). The van der Waals surface area contributed by atoms with Crippen molar-refractivity contribution in [2.24, 2.45) is 4.99 Å². The molecule has 0 spiro atoms. The number of amides is 2. The van der Waals surface area contributed by atoms with E-state index in [1.165, 1.54) is 0 Å². The van der Waals surface area contributed by atoms with Crippen molar-refractivity contribution in [3.8, 4) is 12.3 Å². The number of carbonyl (C=O) groups is 2. The third kappa shape index (κ3) is 7.32. The Hall–Kier alpha value is -3.79. The molecule has 0 bridgehead atoms. The van der Waals surface area contributed by atoms with Crippen molar-refractivity contribution >= 4 is 23.5 Å². The number of anilines is 1. The highest BCUT2D eigenvalue weighted by atomic mass is 16.2. The Morgan fingerprint density at radius 3 is 2.63 bits per heavy atom. The van der Waals surface area contributed by atoms with E-state index in [1.54, 1.807) is 37.4 Å². The summed E-state index contributed by atoms with van der Waals surface area (Å²) in [5.41, 5.74) is 3.00. The molecule has 7 heteroatoms. The molecule has 2 aromatic carbocycles. The summed E-state index contributed by atoms with van der Waals surface area (Å²) >= 11 is 0. The first kappa shape index (κ1) is 22.5. The molecule has 0 aliphatic rings. The van der Waals surface area contributed by atoms with E-state index in [2.05, 4.69) is 32.2 Å². The van der Waals surface area contributed by atoms with Gasteiger partial charge >= 0.3 is 0 Å². The van der Waals surface area contributed by atoms with E-state index in [-0.39, 0.29) is 18.4 Å². The van der Waals surface area contributed by atoms with Crippen molar-refractivity contribution in [1.29, 1.82) is 0 Å². The average molecular weight is 406 g/mol. The zero-order chi connectivity index (χ0) is 21.8. The predicted molar refractivity (Wildman–Crippen MR) is 121 cm³/mol. The standard InChI is InChI=1S/C23H27N5O2/c1-4-17-8-7-11-20(15-17)28-21(29)16-27-23(25-5-2)26-13-12-18-9-6-10-19(14-18)22(30)24-3/h1,6-11,14-15H,5,12-13,16H2,2-3H3,(H,24,30)(H,28,29)(H2,25,26,27). The first-order valence-electron chi connectivity index (χ1n) is 9.75. The van der Waals surface area contributed by atoms with E-state index >= 15 is 0 Å². The Balaban J connectivity index is 1.88. The van der Waals surface area contributed by atoms with E-state index in [0.717, 1.165) is 5.56 Å². The topological polar surface area (TPSA) is 94.6 Å². The molecule has 0 aliphatic carbocycles. The first-order chi connectivity index (χ1) is 14.5. The molecule has 2 amide bonds. The van der Waals surface area contributed by atoms with Crippen LogP contribution in [0.5, 0.6) is 0 Å². The van der Waals surface area contributed by atoms with Gasteiger partial charge in [0.1, 0.15) is 6.54 Å². The van der Waals surface area contributed by atoms with Gasteiger partial charge in [0, 0.05) is 37.0 Å². The molecule has 156 valence electrons. The number of nitrogens with zero attached hydrogens (tertiary/aromatic N) is 1. The maximum Gasteiger partial charge on any atom is 0.251 e. The molecule has 30 heavy (non-hydrogen) atoms. The van der Waals surface area contributed by atoms with Crippen LogP contribution < -0.4 is 21.3 Å². The van der Waals surface area contributed by atoms with Crippen LogP contribution in [0.4, 0.5) is 5.69 Å². The molecule has 0 fully saturated rings. The second-order valence-electron chi connectivity index (χ2n) is 6.42. The van der Waals surface area contributed by atoms with Crippen molar-refractivity contribution in [1.82, 2.24) is 16.0 Å². The summed E-state index contributed by atoms with van der Waals surface area (Å²) in [6.07, 6.45) is 6.09. The summed E-state index contributed by atoms with van der Waals surface area (Å²) in [5.74, 6) is 2.74. The minimum Gasteiger partial charge on any atom is -0.357 e. The van der Waals surface area contributed by atoms with Gasteiger partial charge in [-0.1, -0.05) is 24.1 Å².